The second kappa shape index (κ2) is 5.71. The number of ether oxygens (including phenoxy) is 1. The molecule has 1 unspecified atom stereocenters. The fraction of sp³-hybridized carbons (Fsp3) is 0.333. The van der Waals surface area contributed by atoms with E-state index in [1.165, 1.54) is 0 Å². The lowest BCUT2D eigenvalue weighted by atomic mass is 10.2. The monoisotopic (exact) mass is 311 g/mol. The topological polar surface area (TPSA) is 80.5 Å². The number of hydrogen-bond acceptors (Lipinski definition) is 7. The minimum atomic E-state index is 0.304. The zero-order valence-corrected chi connectivity index (χ0v) is 12.8. The van der Waals surface area contributed by atoms with Crippen LogP contribution in [0.15, 0.2) is 36.8 Å². The highest BCUT2D eigenvalue weighted by atomic mass is 16.5. The summed E-state index contributed by atoms with van der Waals surface area (Å²) >= 11 is 0. The average Bonchev–Trinajstić information content (AvgIpc) is 3.24. The number of fused-ring (bicyclic) bond motifs is 1. The minimum absolute atomic E-state index is 0.304. The number of aromatic nitrogens is 5. The van der Waals surface area contributed by atoms with Crippen molar-refractivity contribution in [2.24, 2.45) is 0 Å². The van der Waals surface area contributed by atoms with Gasteiger partial charge in [-0.2, -0.15) is 4.98 Å². The van der Waals surface area contributed by atoms with Crippen LogP contribution < -0.4 is 15.0 Å². The Morgan fingerprint density at radius 3 is 3.09 bits per heavy atom. The van der Waals surface area contributed by atoms with E-state index in [9.17, 15) is 0 Å². The highest BCUT2D eigenvalue weighted by Gasteiger charge is 2.24. The molecule has 1 fully saturated rings. The summed E-state index contributed by atoms with van der Waals surface area (Å²) in [6, 6.07) is 5.96. The van der Waals surface area contributed by atoms with E-state index in [0.29, 0.717) is 17.9 Å². The zero-order chi connectivity index (χ0) is 15.6. The fourth-order valence-electron chi connectivity index (χ4n) is 2.76. The van der Waals surface area contributed by atoms with Gasteiger partial charge < -0.3 is 15.0 Å². The SMILES string of the molecule is COc1ccnc(N2CCC(Nc3ccc4nccn4n3)C2)n1. The van der Waals surface area contributed by atoms with Crippen molar-refractivity contribution in [2.45, 2.75) is 12.5 Å². The maximum absolute atomic E-state index is 5.16. The fourth-order valence-corrected chi connectivity index (χ4v) is 2.76. The van der Waals surface area contributed by atoms with Gasteiger partial charge in [0.05, 0.1) is 7.11 Å². The van der Waals surface area contributed by atoms with E-state index in [2.05, 4.69) is 30.3 Å². The lowest BCUT2D eigenvalue weighted by Crippen LogP contribution is -2.27. The molecule has 0 saturated carbocycles. The Kier molecular flexibility index (Phi) is 3.41. The van der Waals surface area contributed by atoms with Crippen molar-refractivity contribution in [2.75, 3.05) is 30.4 Å². The van der Waals surface area contributed by atoms with Crippen LogP contribution in [0.25, 0.3) is 5.65 Å². The van der Waals surface area contributed by atoms with E-state index >= 15 is 0 Å². The molecule has 1 aliphatic rings. The summed E-state index contributed by atoms with van der Waals surface area (Å²) in [6.07, 6.45) is 6.30. The Morgan fingerprint density at radius 1 is 1.22 bits per heavy atom. The van der Waals surface area contributed by atoms with E-state index in [1.54, 1.807) is 30.1 Å². The first-order valence-corrected chi connectivity index (χ1v) is 7.51. The lowest BCUT2D eigenvalue weighted by molar-refractivity contribution is 0.397. The maximum atomic E-state index is 5.16. The number of imidazole rings is 1. The summed E-state index contributed by atoms with van der Waals surface area (Å²) in [7, 11) is 1.61. The molecular formula is C15H17N7O. The van der Waals surface area contributed by atoms with E-state index in [4.69, 9.17) is 4.74 Å². The highest BCUT2D eigenvalue weighted by molar-refractivity contribution is 5.45. The number of nitrogens with zero attached hydrogens (tertiary/aromatic N) is 6. The van der Waals surface area contributed by atoms with Crippen LogP contribution in [0.1, 0.15) is 6.42 Å². The molecule has 1 N–H and O–H groups in total. The van der Waals surface area contributed by atoms with Gasteiger partial charge in [-0.25, -0.2) is 14.5 Å². The van der Waals surface area contributed by atoms with E-state index in [0.717, 1.165) is 31.0 Å². The number of anilines is 2. The van der Waals surface area contributed by atoms with Gasteiger partial charge >= 0.3 is 0 Å². The number of methoxy groups -OCH3 is 1. The quantitative estimate of drug-likeness (QED) is 0.776. The molecule has 0 bridgehead atoms. The Labute approximate surface area is 133 Å². The maximum Gasteiger partial charge on any atom is 0.228 e. The first kappa shape index (κ1) is 13.7. The summed E-state index contributed by atoms with van der Waals surface area (Å²) < 4.78 is 6.92. The molecule has 0 spiro atoms. The average molecular weight is 311 g/mol. The van der Waals surface area contributed by atoms with Gasteiger partial charge in [-0.15, -0.1) is 5.10 Å². The van der Waals surface area contributed by atoms with Crippen LogP contribution in [0, 0.1) is 0 Å². The number of rotatable bonds is 4. The van der Waals surface area contributed by atoms with E-state index < -0.39 is 0 Å². The van der Waals surface area contributed by atoms with Gasteiger partial charge in [0.25, 0.3) is 0 Å². The van der Waals surface area contributed by atoms with Gasteiger partial charge in [-0.05, 0) is 18.6 Å². The van der Waals surface area contributed by atoms with Crippen molar-refractivity contribution in [3.63, 3.8) is 0 Å². The Balaban J connectivity index is 1.45. The van der Waals surface area contributed by atoms with Crippen LogP contribution in [0.3, 0.4) is 0 Å². The molecule has 3 aromatic heterocycles. The first-order chi connectivity index (χ1) is 11.3. The standard InChI is InChI=1S/C15H17N7O/c1-23-14-4-6-17-15(19-14)21-8-5-11(10-21)18-12-2-3-13-16-7-9-22(13)20-12/h2-4,6-7,9,11H,5,8,10H2,1H3,(H,18,20). The molecule has 8 heteroatoms. The summed E-state index contributed by atoms with van der Waals surface area (Å²) in [5.74, 6) is 2.12. The van der Waals surface area contributed by atoms with Crippen molar-refractivity contribution in [1.29, 1.82) is 0 Å². The van der Waals surface area contributed by atoms with E-state index in [-0.39, 0.29) is 0 Å². The summed E-state index contributed by atoms with van der Waals surface area (Å²) in [4.78, 5) is 15.1. The third-order valence-corrected chi connectivity index (χ3v) is 3.90. The second-order valence-electron chi connectivity index (χ2n) is 5.42. The van der Waals surface area contributed by atoms with Gasteiger partial charge in [0.15, 0.2) is 5.65 Å². The molecule has 1 saturated heterocycles. The summed E-state index contributed by atoms with van der Waals surface area (Å²) in [6.45, 7) is 1.73. The Bertz CT molecular complexity index is 818. The minimum Gasteiger partial charge on any atom is -0.481 e. The van der Waals surface area contributed by atoms with Crippen molar-refractivity contribution >= 4 is 17.4 Å². The Hall–Kier alpha value is -2.90. The van der Waals surface area contributed by atoms with Crippen molar-refractivity contribution in [1.82, 2.24) is 24.6 Å². The third-order valence-electron chi connectivity index (χ3n) is 3.90. The molecular weight excluding hydrogens is 294 g/mol. The van der Waals surface area contributed by atoms with Crippen molar-refractivity contribution in [3.8, 4) is 5.88 Å². The lowest BCUT2D eigenvalue weighted by Gasteiger charge is -2.17. The largest absolute Gasteiger partial charge is 0.481 e. The molecule has 0 aromatic carbocycles. The predicted molar refractivity (Wildman–Crippen MR) is 85.8 cm³/mol. The normalized spacial score (nSPS) is 17.6. The van der Waals surface area contributed by atoms with Crippen LogP contribution in [0.4, 0.5) is 11.8 Å². The smallest absolute Gasteiger partial charge is 0.228 e. The molecule has 8 nitrogen and oxygen atoms in total. The van der Waals surface area contributed by atoms with Crippen LogP contribution in [-0.4, -0.2) is 50.8 Å². The molecule has 0 radical (unpaired) electrons. The number of nitrogens with one attached hydrogen (secondary N) is 1. The summed E-state index contributed by atoms with van der Waals surface area (Å²) in [5, 5.41) is 7.96. The van der Waals surface area contributed by atoms with Gasteiger partial charge in [-0.3, -0.25) is 0 Å². The van der Waals surface area contributed by atoms with Crippen molar-refractivity contribution < 1.29 is 4.74 Å². The van der Waals surface area contributed by atoms with Crippen LogP contribution in [0.5, 0.6) is 5.88 Å². The molecule has 1 aliphatic heterocycles. The van der Waals surface area contributed by atoms with Crippen molar-refractivity contribution in [3.05, 3.63) is 36.8 Å². The Morgan fingerprint density at radius 2 is 2.17 bits per heavy atom. The molecule has 3 aromatic rings. The van der Waals surface area contributed by atoms with Crippen LogP contribution in [-0.2, 0) is 0 Å². The predicted octanol–water partition coefficient (Wildman–Crippen LogP) is 1.22. The summed E-state index contributed by atoms with van der Waals surface area (Å²) in [5.41, 5.74) is 0.841. The van der Waals surface area contributed by atoms with Gasteiger partial charge in [0, 0.05) is 43.8 Å². The second-order valence-corrected chi connectivity index (χ2v) is 5.42. The first-order valence-electron chi connectivity index (χ1n) is 7.51. The molecule has 118 valence electrons. The molecule has 4 heterocycles. The highest BCUT2D eigenvalue weighted by Crippen LogP contribution is 2.20. The zero-order valence-electron chi connectivity index (χ0n) is 12.8. The third kappa shape index (κ3) is 2.75. The molecule has 1 atom stereocenters. The number of hydrogen-bond donors (Lipinski definition) is 1. The molecule has 0 amide bonds. The van der Waals surface area contributed by atoms with E-state index in [1.807, 2.05) is 18.3 Å². The van der Waals surface area contributed by atoms with Gasteiger partial charge in [0.1, 0.15) is 5.82 Å². The van der Waals surface area contributed by atoms with Crippen LogP contribution >= 0.6 is 0 Å². The molecule has 23 heavy (non-hydrogen) atoms. The molecule has 0 aliphatic carbocycles. The van der Waals surface area contributed by atoms with Crippen LogP contribution in [0.2, 0.25) is 0 Å². The van der Waals surface area contributed by atoms with Gasteiger partial charge in [-0.1, -0.05) is 0 Å². The molecule has 4 rings (SSSR count). The van der Waals surface area contributed by atoms with Gasteiger partial charge in [0.2, 0.25) is 11.8 Å².